The van der Waals surface area contributed by atoms with Crippen LogP contribution in [0, 0.1) is 16.0 Å². The maximum Gasteiger partial charge on any atom is 0.270 e. The molecule has 0 saturated heterocycles. The molecule has 5 heteroatoms. The molecule has 1 aromatic rings. The molecule has 0 amide bonds. The molecule has 1 rings (SSSR count). The van der Waals surface area contributed by atoms with Crippen molar-refractivity contribution < 1.29 is 14.8 Å². The minimum Gasteiger partial charge on any atom is -0.493 e. The first-order chi connectivity index (χ1) is 8.91. The molecule has 0 aliphatic rings. The van der Waals surface area contributed by atoms with E-state index in [0.29, 0.717) is 23.8 Å². The molecule has 5 nitrogen and oxygen atoms in total. The van der Waals surface area contributed by atoms with Crippen LogP contribution in [0.25, 0.3) is 0 Å². The maximum atomic E-state index is 10.7. The van der Waals surface area contributed by atoms with Crippen LogP contribution in [0.1, 0.15) is 45.3 Å². The highest BCUT2D eigenvalue weighted by molar-refractivity contribution is 5.44. The molecule has 0 aliphatic carbocycles. The van der Waals surface area contributed by atoms with Crippen molar-refractivity contribution in [1.82, 2.24) is 0 Å². The van der Waals surface area contributed by atoms with Gasteiger partial charge in [-0.25, -0.2) is 0 Å². The second-order valence-corrected chi connectivity index (χ2v) is 5.04. The van der Waals surface area contributed by atoms with Gasteiger partial charge in [0.25, 0.3) is 5.69 Å². The third-order valence-corrected chi connectivity index (χ3v) is 2.84. The van der Waals surface area contributed by atoms with E-state index in [1.54, 1.807) is 13.0 Å². The van der Waals surface area contributed by atoms with Crippen molar-refractivity contribution in [2.75, 3.05) is 6.61 Å². The number of non-ortho nitro benzene ring substituents is 1. The fourth-order valence-corrected chi connectivity index (χ4v) is 1.78. The zero-order valence-electron chi connectivity index (χ0n) is 11.6. The van der Waals surface area contributed by atoms with Gasteiger partial charge in [0.2, 0.25) is 0 Å². The molecule has 0 fully saturated rings. The predicted octanol–water partition coefficient (Wildman–Crippen LogP) is 3.46. The third kappa shape index (κ3) is 4.87. The van der Waals surface area contributed by atoms with Gasteiger partial charge in [0, 0.05) is 17.7 Å². The summed E-state index contributed by atoms with van der Waals surface area (Å²) in [6.07, 6.45) is 1.20. The van der Waals surface area contributed by atoms with Crippen LogP contribution in [0.15, 0.2) is 18.2 Å². The van der Waals surface area contributed by atoms with Crippen molar-refractivity contribution in [3.8, 4) is 5.75 Å². The first kappa shape index (κ1) is 15.4. The molecule has 1 aromatic carbocycles. The standard InChI is InChI=1S/C14H21NO4/c1-10(2)5-4-8-19-14-7-6-12(15(17)18)9-13(14)11(3)16/h6-7,9-11,16H,4-5,8H2,1-3H3/t11-/m0/s1. The molecule has 0 heterocycles. The second-order valence-electron chi connectivity index (χ2n) is 5.04. The predicted molar refractivity (Wildman–Crippen MR) is 73.3 cm³/mol. The molecule has 0 bridgehead atoms. The van der Waals surface area contributed by atoms with E-state index in [1.165, 1.54) is 12.1 Å². The summed E-state index contributed by atoms with van der Waals surface area (Å²) >= 11 is 0. The van der Waals surface area contributed by atoms with Crippen LogP contribution in [0.3, 0.4) is 0 Å². The number of hydrogen-bond donors (Lipinski definition) is 1. The van der Waals surface area contributed by atoms with E-state index in [9.17, 15) is 15.2 Å². The molecule has 0 saturated carbocycles. The van der Waals surface area contributed by atoms with Crippen molar-refractivity contribution in [3.05, 3.63) is 33.9 Å². The number of ether oxygens (including phenoxy) is 1. The summed E-state index contributed by atoms with van der Waals surface area (Å²) in [6.45, 7) is 6.41. The van der Waals surface area contributed by atoms with Crippen molar-refractivity contribution in [1.29, 1.82) is 0 Å². The van der Waals surface area contributed by atoms with Crippen molar-refractivity contribution >= 4 is 5.69 Å². The van der Waals surface area contributed by atoms with Gasteiger partial charge in [-0.3, -0.25) is 10.1 Å². The number of aliphatic hydroxyl groups is 1. The van der Waals surface area contributed by atoms with Crippen LogP contribution < -0.4 is 4.74 Å². The van der Waals surface area contributed by atoms with Gasteiger partial charge in [0.1, 0.15) is 5.75 Å². The Morgan fingerprint density at radius 2 is 2.05 bits per heavy atom. The van der Waals surface area contributed by atoms with Gasteiger partial charge in [-0.05, 0) is 31.7 Å². The number of hydrogen-bond acceptors (Lipinski definition) is 4. The summed E-state index contributed by atoms with van der Waals surface area (Å²) in [5, 5.41) is 20.4. The molecule has 0 spiro atoms. The van der Waals surface area contributed by atoms with Crippen LogP contribution in [0.4, 0.5) is 5.69 Å². The highest BCUT2D eigenvalue weighted by Gasteiger charge is 2.15. The summed E-state index contributed by atoms with van der Waals surface area (Å²) in [5.41, 5.74) is 0.421. The van der Waals surface area contributed by atoms with Gasteiger partial charge in [0.05, 0.1) is 17.6 Å². The highest BCUT2D eigenvalue weighted by Crippen LogP contribution is 2.29. The first-order valence-corrected chi connectivity index (χ1v) is 6.51. The lowest BCUT2D eigenvalue weighted by molar-refractivity contribution is -0.385. The van der Waals surface area contributed by atoms with Gasteiger partial charge in [-0.1, -0.05) is 13.8 Å². The minimum absolute atomic E-state index is 0.0366. The lowest BCUT2D eigenvalue weighted by Gasteiger charge is -2.13. The molecule has 19 heavy (non-hydrogen) atoms. The molecule has 0 aliphatic heterocycles. The average Bonchev–Trinajstić information content (AvgIpc) is 2.34. The Kier molecular flexibility index (Phi) is 5.76. The van der Waals surface area contributed by atoms with Crippen molar-refractivity contribution in [3.63, 3.8) is 0 Å². The van der Waals surface area contributed by atoms with Crippen LogP contribution in [-0.2, 0) is 0 Å². The third-order valence-electron chi connectivity index (χ3n) is 2.84. The Bertz CT molecular complexity index is 429. The summed E-state index contributed by atoms with van der Waals surface area (Å²) in [6, 6.07) is 4.31. The van der Waals surface area contributed by atoms with E-state index in [2.05, 4.69) is 13.8 Å². The number of nitrogens with zero attached hydrogens (tertiary/aromatic N) is 1. The van der Waals surface area contributed by atoms with Gasteiger partial charge in [-0.2, -0.15) is 0 Å². The Labute approximate surface area is 113 Å². The smallest absolute Gasteiger partial charge is 0.270 e. The van der Waals surface area contributed by atoms with Gasteiger partial charge in [-0.15, -0.1) is 0 Å². The van der Waals surface area contributed by atoms with Gasteiger partial charge in [0.15, 0.2) is 0 Å². The van der Waals surface area contributed by atoms with Crippen LogP contribution >= 0.6 is 0 Å². The number of nitro benzene ring substituents is 1. The monoisotopic (exact) mass is 267 g/mol. The zero-order valence-corrected chi connectivity index (χ0v) is 11.6. The second kappa shape index (κ2) is 7.09. The summed E-state index contributed by atoms with van der Waals surface area (Å²) in [7, 11) is 0. The normalized spacial score (nSPS) is 12.5. The lowest BCUT2D eigenvalue weighted by atomic mass is 10.1. The average molecular weight is 267 g/mol. The molecular formula is C14H21NO4. The number of benzene rings is 1. The number of nitro groups is 1. The van der Waals surface area contributed by atoms with Crippen molar-refractivity contribution in [2.45, 2.75) is 39.7 Å². The molecule has 0 aromatic heterocycles. The maximum absolute atomic E-state index is 10.7. The van der Waals surface area contributed by atoms with E-state index in [-0.39, 0.29) is 5.69 Å². The van der Waals surface area contributed by atoms with Crippen LogP contribution in [-0.4, -0.2) is 16.6 Å². The van der Waals surface area contributed by atoms with Crippen LogP contribution in [0.5, 0.6) is 5.75 Å². The Morgan fingerprint density at radius 1 is 1.37 bits per heavy atom. The Morgan fingerprint density at radius 3 is 2.58 bits per heavy atom. The summed E-state index contributed by atoms with van der Waals surface area (Å²) in [4.78, 5) is 10.2. The quantitative estimate of drug-likeness (QED) is 0.466. The topological polar surface area (TPSA) is 72.6 Å². The molecule has 106 valence electrons. The highest BCUT2D eigenvalue weighted by atomic mass is 16.6. The van der Waals surface area contributed by atoms with E-state index < -0.39 is 11.0 Å². The SMILES string of the molecule is CC(C)CCCOc1ccc([N+](=O)[O-])cc1[C@H](C)O. The van der Waals surface area contributed by atoms with Gasteiger partial charge < -0.3 is 9.84 Å². The first-order valence-electron chi connectivity index (χ1n) is 6.51. The van der Waals surface area contributed by atoms with E-state index in [4.69, 9.17) is 4.74 Å². The molecule has 1 atom stereocenters. The lowest BCUT2D eigenvalue weighted by Crippen LogP contribution is -2.04. The molecule has 1 N–H and O–H groups in total. The molecular weight excluding hydrogens is 246 g/mol. The van der Waals surface area contributed by atoms with Crippen LogP contribution in [0.2, 0.25) is 0 Å². The summed E-state index contributed by atoms with van der Waals surface area (Å²) in [5.74, 6) is 1.14. The molecule has 0 radical (unpaired) electrons. The van der Waals surface area contributed by atoms with E-state index in [1.807, 2.05) is 0 Å². The van der Waals surface area contributed by atoms with E-state index in [0.717, 1.165) is 12.8 Å². The minimum atomic E-state index is -0.792. The number of aliphatic hydroxyl groups excluding tert-OH is 1. The summed E-state index contributed by atoms with van der Waals surface area (Å²) < 4.78 is 5.60. The number of rotatable bonds is 7. The van der Waals surface area contributed by atoms with Gasteiger partial charge >= 0.3 is 0 Å². The zero-order chi connectivity index (χ0) is 14.4. The van der Waals surface area contributed by atoms with Crippen molar-refractivity contribution in [2.24, 2.45) is 5.92 Å². The Balaban J connectivity index is 2.74. The Hall–Kier alpha value is -1.62. The largest absolute Gasteiger partial charge is 0.493 e. The fourth-order valence-electron chi connectivity index (χ4n) is 1.78. The van der Waals surface area contributed by atoms with E-state index >= 15 is 0 Å². The fraction of sp³-hybridized carbons (Fsp3) is 0.571. The molecule has 0 unspecified atom stereocenters.